The Labute approximate surface area is 142 Å². The molecule has 10 heteroatoms. The van der Waals surface area contributed by atoms with E-state index >= 15 is 0 Å². The smallest absolute Gasteiger partial charge is 0.240 e. The van der Waals surface area contributed by atoms with Crippen LogP contribution in [0.15, 0.2) is 35.5 Å². The van der Waals surface area contributed by atoms with E-state index in [1.807, 2.05) is 6.07 Å². The van der Waals surface area contributed by atoms with E-state index in [-0.39, 0.29) is 22.3 Å². The number of halogens is 1. The van der Waals surface area contributed by atoms with Gasteiger partial charge in [-0.3, -0.25) is 4.57 Å². The molecule has 3 rings (SSSR count). The van der Waals surface area contributed by atoms with Gasteiger partial charge in [-0.05, 0) is 18.2 Å². The van der Waals surface area contributed by atoms with Crippen molar-refractivity contribution in [2.75, 3.05) is 7.11 Å². The lowest BCUT2D eigenvalue weighted by atomic mass is 10.2. The van der Waals surface area contributed by atoms with Gasteiger partial charge in [-0.1, -0.05) is 11.6 Å². The van der Waals surface area contributed by atoms with Crippen molar-refractivity contribution in [3.63, 3.8) is 0 Å². The first-order valence-corrected chi connectivity index (χ1v) is 8.42. The summed E-state index contributed by atoms with van der Waals surface area (Å²) in [7, 11) is -2.59. The van der Waals surface area contributed by atoms with Crippen molar-refractivity contribution in [2.45, 2.75) is 4.90 Å². The average molecular weight is 364 g/mol. The molecule has 3 aromatic rings. The largest absolute Gasteiger partial charge is 0.480 e. The van der Waals surface area contributed by atoms with Gasteiger partial charge < -0.3 is 4.74 Å². The number of nitrogens with two attached hydrogens (primary N) is 1. The number of benzene rings is 1. The predicted molar refractivity (Wildman–Crippen MR) is 86.5 cm³/mol. The lowest BCUT2D eigenvalue weighted by Crippen LogP contribution is -2.11. The van der Waals surface area contributed by atoms with Gasteiger partial charge in [0.25, 0.3) is 0 Å². The first-order valence-electron chi connectivity index (χ1n) is 6.50. The molecular weight excluding hydrogens is 354 g/mol. The van der Waals surface area contributed by atoms with E-state index in [2.05, 4.69) is 9.97 Å². The van der Waals surface area contributed by atoms with Gasteiger partial charge in [-0.15, -0.1) is 0 Å². The zero-order valence-electron chi connectivity index (χ0n) is 12.3. The third-order valence-electron chi connectivity index (χ3n) is 3.31. The summed E-state index contributed by atoms with van der Waals surface area (Å²) in [5, 5.41) is 15.1. The van der Waals surface area contributed by atoms with Crippen LogP contribution in [0.1, 0.15) is 5.56 Å². The van der Waals surface area contributed by atoms with Crippen molar-refractivity contribution >= 4 is 32.5 Å². The normalized spacial score (nSPS) is 11.4. The third-order valence-corrected chi connectivity index (χ3v) is 4.48. The van der Waals surface area contributed by atoms with Gasteiger partial charge in [0, 0.05) is 16.6 Å². The van der Waals surface area contributed by atoms with Crippen LogP contribution in [0.3, 0.4) is 0 Å². The van der Waals surface area contributed by atoms with Crippen molar-refractivity contribution in [1.82, 2.24) is 14.5 Å². The Kier molecular flexibility index (Phi) is 3.88. The van der Waals surface area contributed by atoms with E-state index in [0.29, 0.717) is 15.9 Å². The minimum Gasteiger partial charge on any atom is -0.480 e. The first-order chi connectivity index (χ1) is 11.3. The van der Waals surface area contributed by atoms with Gasteiger partial charge in [-0.25, -0.2) is 18.5 Å². The van der Waals surface area contributed by atoms with E-state index < -0.39 is 10.0 Å². The highest BCUT2D eigenvalue weighted by Gasteiger charge is 2.20. The molecule has 0 radical (unpaired) electrons. The van der Waals surface area contributed by atoms with Crippen LogP contribution in [-0.2, 0) is 10.0 Å². The highest BCUT2D eigenvalue weighted by Crippen LogP contribution is 2.29. The van der Waals surface area contributed by atoms with Gasteiger partial charge in [0.05, 0.1) is 18.8 Å². The number of aromatic nitrogens is 3. The predicted octanol–water partition coefficient (Wildman–Crippen LogP) is 1.60. The second-order valence-corrected chi connectivity index (χ2v) is 6.74. The maximum Gasteiger partial charge on any atom is 0.240 e. The molecule has 24 heavy (non-hydrogen) atoms. The van der Waals surface area contributed by atoms with Crippen LogP contribution in [0.2, 0.25) is 5.02 Å². The van der Waals surface area contributed by atoms with Crippen molar-refractivity contribution < 1.29 is 13.2 Å². The molecule has 0 aliphatic rings. The van der Waals surface area contributed by atoms with Gasteiger partial charge in [0.2, 0.25) is 21.9 Å². The molecule has 0 aliphatic heterocycles. The molecule has 0 aliphatic carbocycles. The molecule has 2 N–H and O–H groups in total. The van der Waals surface area contributed by atoms with Crippen LogP contribution in [0.25, 0.3) is 16.9 Å². The molecule has 0 amide bonds. The van der Waals surface area contributed by atoms with Crippen LogP contribution in [0, 0.1) is 11.3 Å². The van der Waals surface area contributed by atoms with E-state index in [0.717, 1.165) is 0 Å². The summed E-state index contributed by atoms with van der Waals surface area (Å²) in [6.45, 7) is 0. The zero-order chi connectivity index (χ0) is 17.5. The van der Waals surface area contributed by atoms with Gasteiger partial charge in [0.1, 0.15) is 16.5 Å². The summed E-state index contributed by atoms with van der Waals surface area (Å²) in [4.78, 5) is 8.13. The monoisotopic (exact) mass is 363 g/mol. The lowest BCUT2D eigenvalue weighted by molar-refractivity contribution is 0.394. The highest BCUT2D eigenvalue weighted by molar-refractivity contribution is 7.89. The summed E-state index contributed by atoms with van der Waals surface area (Å²) < 4.78 is 30.1. The van der Waals surface area contributed by atoms with Crippen LogP contribution in [-0.4, -0.2) is 30.1 Å². The molecular formula is C14H10ClN5O3S. The lowest BCUT2D eigenvalue weighted by Gasteiger charge is -2.06. The average Bonchev–Trinajstić information content (AvgIpc) is 2.93. The van der Waals surface area contributed by atoms with Crippen LogP contribution in [0.5, 0.6) is 5.88 Å². The fourth-order valence-corrected chi connectivity index (χ4v) is 3.16. The van der Waals surface area contributed by atoms with Gasteiger partial charge in [0.15, 0.2) is 0 Å². The summed E-state index contributed by atoms with van der Waals surface area (Å²) >= 11 is 6.01. The molecule has 0 fully saturated rings. The van der Waals surface area contributed by atoms with Crippen LogP contribution < -0.4 is 9.88 Å². The van der Waals surface area contributed by atoms with Crippen molar-refractivity contribution in [3.05, 3.63) is 41.2 Å². The molecule has 2 aromatic heterocycles. The van der Waals surface area contributed by atoms with E-state index in [1.165, 1.54) is 24.1 Å². The Morgan fingerprint density at radius 3 is 2.79 bits per heavy atom. The van der Waals surface area contributed by atoms with Crippen molar-refractivity contribution in [2.24, 2.45) is 5.14 Å². The van der Waals surface area contributed by atoms with E-state index in [4.69, 9.17) is 26.7 Å². The van der Waals surface area contributed by atoms with Gasteiger partial charge in [-0.2, -0.15) is 10.2 Å². The Hall–Kier alpha value is -2.67. The number of ether oxygens (including phenoxy) is 1. The molecule has 0 saturated carbocycles. The number of sulfonamides is 1. The van der Waals surface area contributed by atoms with Crippen LogP contribution in [0.4, 0.5) is 0 Å². The zero-order valence-corrected chi connectivity index (χ0v) is 13.8. The molecule has 0 unspecified atom stereocenters. The number of methoxy groups -OCH3 is 1. The van der Waals surface area contributed by atoms with Gasteiger partial charge >= 0.3 is 0 Å². The van der Waals surface area contributed by atoms with Crippen LogP contribution >= 0.6 is 11.6 Å². The second-order valence-electron chi connectivity index (χ2n) is 4.77. The number of hydrogen-bond donors (Lipinski definition) is 1. The third kappa shape index (κ3) is 2.67. The maximum atomic E-state index is 11.8. The van der Waals surface area contributed by atoms with Crippen molar-refractivity contribution in [1.29, 1.82) is 5.26 Å². The molecule has 8 nitrogen and oxygen atoms in total. The Bertz CT molecular complexity index is 1100. The SMILES string of the molecule is COc1nc(-n2cc(S(N)(=O)=O)c3ccc(Cl)cc32)ncc1C#N. The second kappa shape index (κ2) is 5.76. The summed E-state index contributed by atoms with van der Waals surface area (Å²) in [5.74, 6) is 0.191. The molecule has 0 atom stereocenters. The quantitative estimate of drug-likeness (QED) is 0.753. The fourth-order valence-electron chi connectivity index (χ4n) is 2.27. The number of fused-ring (bicyclic) bond motifs is 1. The number of rotatable bonds is 3. The molecule has 122 valence electrons. The first kappa shape index (κ1) is 16.2. The number of primary sulfonamides is 1. The minimum atomic E-state index is -3.96. The molecule has 0 saturated heterocycles. The fraction of sp³-hybridized carbons (Fsp3) is 0.0714. The summed E-state index contributed by atoms with van der Waals surface area (Å²) in [6.07, 6.45) is 2.59. The number of nitriles is 1. The molecule has 1 aromatic carbocycles. The molecule has 0 bridgehead atoms. The Morgan fingerprint density at radius 2 is 2.17 bits per heavy atom. The van der Waals surface area contributed by atoms with Crippen molar-refractivity contribution in [3.8, 4) is 17.9 Å². The summed E-state index contributed by atoms with van der Waals surface area (Å²) in [6, 6.07) is 6.58. The topological polar surface area (TPSA) is 124 Å². The molecule has 0 spiro atoms. The number of hydrogen-bond acceptors (Lipinski definition) is 6. The Balaban J connectivity index is 2.35. The van der Waals surface area contributed by atoms with E-state index in [9.17, 15) is 8.42 Å². The highest BCUT2D eigenvalue weighted by atomic mass is 35.5. The standard InChI is InChI=1S/C14H10ClN5O3S/c1-23-13-8(5-16)6-18-14(19-13)20-7-12(24(17,21)22)10-3-2-9(15)4-11(10)20/h2-4,6-7H,1H3,(H2,17,21,22). The maximum absolute atomic E-state index is 11.8. The summed E-state index contributed by atoms with van der Waals surface area (Å²) in [5.41, 5.74) is 0.612. The minimum absolute atomic E-state index is 0.0727. The molecule has 2 heterocycles. The number of nitrogens with zero attached hydrogens (tertiary/aromatic N) is 4. The van der Waals surface area contributed by atoms with E-state index in [1.54, 1.807) is 18.2 Å². The Morgan fingerprint density at radius 1 is 1.42 bits per heavy atom.